The molecule has 3 nitrogen and oxygen atoms in total. The molecule has 19 heavy (non-hydrogen) atoms. The van der Waals surface area contributed by atoms with Crippen LogP contribution >= 0.6 is 27.7 Å². The van der Waals surface area contributed by atoms with Crippen LogP contribution in [0.25, 0.3) is 0 Å². The van der Waals surface area contributed by atoms with Gasteiger partial charge in [-0.3, -0.25) is 4.79 Å². The number of nitrogens with one attached hydrogen (secondary N) is 1. The second kappa shape index (κ2) is 7.31. The van der Waals surface area contributed by atoms with Crippen LogP contribution < -0.4 is 5.32 Å². The van der Waals surface area contributed by atoms with E-state index in [1.165, 1.54) is 24.4 Å². The molecule has 0 heterocycles. The summed E-state index contributed by atoms with van der Waals surface area (Å²) >= 11 is 4.96. The van der Waals surface area contributed by atoms with Crippen LogP contribution in [0.15, 0.2) is 27.6 Å². The Morgan fingerprint density at radius 1 is 1.42 bits per heavy atom. The molecular weight excluding hydrogens is 326 g/mol. The summed E-state index contributed by atoms with van der Waals surface area (Å²) in [5, 5.41) is 3.45. The Morgan fingerprint density at radius 2 is 2.11 bits per heavy atom. The minimum atomic E-state index is -0.209. The van der Waals surface area contributed by atoms with Gasteiger partial charge in [0.05, 0.1) is 12.9 Å². The zero-order valence-corrected chi connectivity index (χ0v) is 14.2. The maximum Gasteiger partial charge on any atom is 0.315 e. The summed E-state index contributed by atoms with van der Waals surface area (Å²) in [5.41, 5.74) is 1.25. The Balaban J connectivity index is 2.76. The Bertz CT molecular complexity index is 444. The monoisotopic (exact) mass is 345 g/mol. The van der Waals surface area contributed by atoms with E-state index in [9.17, 15) is 4.79 Å². The number of carbonyl (C=O) groups excluding carboxylic acids is 1. The van der Waals surface area contributed by atoms with Crippen LogP contribution in [0.4, 0.5) is 0 Å². The predicted molar refractivity (Wildman–Crippen MR) is 83.5 cm³/mol. The number of esters is 1. The van der Waals surface area contributed by atoms with Gasteiger partial charge in [-0.15, -0.1) is 11.8 Å². The molecule has 1 rings (SSSR count). The van der Waals surface area contributed by atoms with Crippen LogP contribution in [0.3, 0.4) is 0 Å². The normalized spacial score (nSPS) is 11.4. The van der Waals surface area contributed by atoms with Crippen LogP contribution in [0, 0.1) is 0 Å². The van der Waals surface area contributed by atoms with Crippen LogP contribution in [-0.2, 0) is 16.1 Å². The Hall–Kier alpha value is -0.520. The Labute approximate surface area is 127 Å². The van der Waals surface area contributed by atoms with Crippen LogP contribution in [0.1, 0.15) is 26.3 Å². The molecule has 1 aromatic carbocycles. The summed E-state index contributed by atoms with van der Waals surface area (Å²) in [7, 11) is 1.41. The minimum Gasteiger partial charge on any atom is -0.468 e. The lowest BCUT2D eigenvalue weighted by molar-refractivity contribution is -0.137. The fourth-order valence-corrected chi connectivity index (χ4v) is 2.80. The number of halogens is 1. The summed E-state index contributed by atoms with van der Waals surface area (Å²) in [6, 6.07) is 6.12. The van der Waals surface area contributed by atoms with Crippen molar-refractivity contribution in [3.05, 3.63) is 28.2 Å². The van der Waals surface area contributed by atoms with Gasteiger partial charge in [-0.1, -0.05) is 22.0 Å². The van der Waals surface area contributed by atoms with Gasteiger partial charge in [0.2, 0.25) is 0 Å². The number of methoxy groups -OCH3 is 1. The highest BCUT2D eigenvalue weighted by molar-refractivity contribution is 9.10. The highest BCUT2D eigenvalue weighted by Crippen LogP contribution is 2.27. The third-order valence-corrected chi connectivity index (χ3v) is 3.98. The first kappa shape index (κ1) is 16.5. The summed E-state index contributed by atoms with van der Waals surface area (Å²) in [4.78, 5) is 12.3. The minimum absolute atomic E-state index is 0.0668. The van der Waals surface area contributed by atoms with Crippen molar-refractivity contribution in [3.8, 4) is 0 Å². The van der Waals surface area contributed by atoms with Crippen molar-refractivity contribution < 1.29 is 9.53 Å². The fraction of sp³-hybridized carbons (Fsp3) is 0.500. The van der Waals surface area contributed by atoms with Gasteiger partial charge in [-0.2, -0.15) is 0 Å². The molecule has 0 radical (unpaired) electrons. The van der Waals surface area contributed by atoms with E-state index in [1.807, 2.05) is 12.1 Å². The first-order chi connectivity index (χ1) is 8.81. The molecule has 0 fully saturated rings. The smallest absolute Gasteiger partial charge is 0.315 e. The number of thioether (sulfide) groups is 1. The zero-order chi connectivity index (χ0) is 14.5. The average Bonchev–Trinajstić information content (AvgIpc) is 2.33. The molecule has 1 aromatic rings. The topological polar surface area (TPSA) is 38.3 Å². The molecule has 0 amide bonds. The first-order valence-electron chi connectivity index (χ1n) is 6.05. The van der Waals surface area contributed by atoms with Crippen LogP contribution in [0.2, 0.25) is 0 Å². The number of ether oxygens (including phenoxy) is 1. The molecule has 5 heteroatoms. The molecular formula is C14H20BrNO2S. The predicted octanol–water partition coefficient (Wildman–Crippen LogP) is 3.60. The van der Waals surface area contributed by atoms with Crippen molar-refractivity contribution in [2.75, 3.05) is 12.9 Å². The zero-order valence-electron chi connectivity index (χ0n) is 11.7. The number of hydrogen-bond donors (Lipinski definition) is 1. The van der Waals surface area contributed by atoms with Crippen molar-refractivity contribution in [1.82, 2.24) is 5.32 Å². The van der Waals surface area contributed by atoms with Gasteiger partial charge < -0.3 is 10.1 Å². The van der Waals surface area contributed by atoms with E-state index in [0.717, 1.165) is 15.9 Å². The molecule has 0 unspecified atom stereocenters. The van der Waals surface area contributed by atoms with Gasteiger partial charge in [-0.05, 0) is 38.5 Å². The van der Waals surface area contributed by atoms with E-state index in [-0.39, 0.29) is 11.5 Å². The third kappa shape index (κ3) is 6.45. The van der Waals surface area contributed by atoms with E-state index in [4.69, 9.17) is 0 Å². The molecule has 0 atom stereocenters. The highest BCUT2D eigenvalue weighted by atomic mass is 79.9. The van der Waals surface area contributed by atoms with Crippen molar-refractivity contribution in [1.29, 1.82) is 0 Å². The number of benzene rings is 1. The van der Waals surface area contributed by atoms with Gasteiger partial charge in [-0.25, -0.2) is 0 Å². The first-order valence-corrected chi connectivity index (χ1v) is 7.83. The van der Waals surface area contributed by atoms with E-state index in [1.54, 1.807) is 0 Å². The molecule has 0 saturated carbocycles. The van der Waals surface area contributed by atoms with E-state index in [2.05, 4.69) is 52.8 Å². The summed E-state index contributed by atoms with van der Waals surface area (Å²) in [6.45, 7) is 7.17. The molecule has 0 spiro atoms. The molecule has 106 valence electrons. The number of carbonyl (C=O) groups is 1. The lowest BCUT2D eigenvalue weighted by atomic mass is 10.1. The van der Waals surface area contributed by atoms with E-state index < -0.39 is 0 Å². The highest BCUT2D eigenvalue weighted by Gasteiger charge is 2.12. The molecule has 0 aromatic heterocycles. The largest absolute Gasteiger partial charge is 0.468 e. The molecule has 0 aliphatic rings. The standard InChI is InChI=1S/C14H20BrNO2S/c1-14(2,3)16-8-10-5-6-11(15)7-12(10)19-9-13(17)18-4/h5-7,16H,8-9H2,1-4H3. The lowest BCUT2D eigenvalue weighted by Crippen LogP contribution is -2.35. The second-order valence-corrected chi connectivity index (χ2v) is 7.15. The van der Waals surface area contributed by atoms with Crippen molar-refractivity contribution in [2.45, 2.75) is 37.8 Å². The quantitative estimate of drug-likeness (QED) is 0.653. The van der Waals surface area contributed by atoms with E-state index in [0.29, 0.717) is 5.75 Å². The average molecular weight is 346 g/mol. The van der Waals surface area contributed by atoms with Gasteiger partial charge >= 0.3 is 5.97 Å². The van der Waals surface area contributed by atoms with Gasteiger partial charge in [0.1, 0.15) is 0 Å². The van der Waals surface area contributed by atoms with Gasteiger partial charge in [0.25, 0.3) is 0 Å². The summed E-state index contributed by atoms with van der Waals surface area (Å²) in [5.74, 6) is 0.120. The summed E-state index contributed by atoms with van der Waals surface area (Å²) < 4.78 is 5.68. The van der Waals surface area contributed by atoms with Crippen LogP contribution in [-0.4, -0.2) is 24.4 Å². The molecule has 1 N–H and O–H groups in total. The maximum atomic E-state index is 11.2. The molecule has 0 aliphatic carbocycles. The third-order valence-electron chi connectivity index (χ3n) is 2.41. The Morgan fingerprint density at radius 3 is 2.68 bits per heavy atom. The lowest BCUT2D eigenvalue weighted by Gasteiger charge is -2.21. The second-order valence-electron chi connectivity index (χ2n) is 5.22. The number of hydrogen-bond acceptors (Lipinski definition) is 4. The van der Waals surface area contributed by atoms with Gasteiger partial charge in [0, 0.05) is 21.5 Å². The van der Waals surface area contributed by atoms with E-state index >= 15 is 0 Å². The maximum absolute atomic E-state index is 11.2. The molecule has 0 aliphatic heterocycles. The SMILES string of the molecule is COC(=O)CSc1cc(Br)ccc1CNC(C)(C)C. The van der Waals surface area contributed by atoms with Crippen molar-refractivity contribution in [2.24, 2.45) is 0 Å². The van der Waals surface area contributed by atoms with Crippen molar-refractivity contribution >= 4 is 33.7 Å². The molecule has 0 saturated heterocycles. The fourth-order valence-electron chi connectivity index (χ4n) is 1.36. The van der Waals surface area contributed by atoms with Gasteiger partial charge in [0.15, 0.2) is 0 Å². The Kier molecular flexibility index (Phi) is 6.36. The number of rotatable bonds is 5. The van der Waals surface area contributed by atoms with Crippen molar-refractivity contribution in [3.63, 3.8) is 0 Å². The molecule has 0 bridgehead atoms. The van der Waals surface area contributed by atoms with Crippen LogP contribution in [0.5, 0.6) is 0 Å². The summed E-state index contributed by atoms with van der Waals surface area (Å²) in [6.07, 6.45) is 0.